The van der Waals surface area contributed by atoms with Crippen molar-refractivity contribution in [2.45, 2.75) is 199 Å². The van der Waals surface area contributed by atoms with E-state index in [1.54, 1.807) is 0 Å². The van der Waals surface area contributed by atoms with Crippen LogP contribution in [-0.4, -0.2) is 79.4 Å². The van der Waals surface area contributed by atoms with Gasteiger partial charge in [0.05, 0.1) is 50.9 Å². The van der Waals surface area contributed by atoms with Gasteiger partial charge in [0.25, 0.3) is 0 Å². The van der Waals surface area contributed by atoms with Crippen molar-refractivity contribution in [1.29, 1.82) is 0 Å². The Bertz CT molecular complexity index is 6560. The molecule has 5 radical (unpaired) electrons. The summed E-state index contributed by atoms with van der Waals surface area (Å²) in [6.07, 6.45) is 12.2. The molecule has 0 aliphatic heterocycles. The monoisotopic (exact) mass is 2810 g/mol. The number of allylic oxidation sites excluding steroid dienone is 10. The number of rotatable bonds is 17. The number of ketones is 5. The molecule has 0 aliphatic rings. The molecule has 0 spiro atoms. The molecule has 0 atom stereocenters. The maximum atomic E-state index is 10.0. The second-order valence-electron chi connectivity index (χ2n) is 35.4. The molecule has 5 N–H and O–H groups in total. The van der Waals surface area contributed by atoms with E-state index in [0.717, 1.165) is 121 Å². The standard InChI is InChI=1S/2C21H22N.C20H20N.C19H16N.C17H14N.5C5H8O2.5Ir/c1-14(2)9-17-5-6-18-7-8-20(22-21(18)13-17)19-11-15(3)10-16(4)12-19;1-14(2)10-17-6-5-7-21-19(17)8-9-20(22-21)18-12-15(3)11-16(4)13-18;1-4-5-16-6-7-17-8-9-19(21-20(17)13-16)18-11-14(2)10-15(3)12-18;1-14-8-9-18(15(2)12-14)17-10-11-20-19(13-17)16-6-4-3-5-7-16;1-12-7-8-15(11-13(12)2)17-10-9-14-5-3-4-6-16(14)18-17;5*1-4(6)3-5(2)7;;;;;/h5-8,10-11,13-14H,9H2,1-4H3;5-9,11-12,14H,10H2,1-4H3;6-11,13H,4-5H2,1-3H3;3-6,8-13H,1-2H3;3-7,9-11H,1-2H3;5*3,6H,1-2H3;;;;;/q5*-1;;;;;;;;;;. The van der Waals surface area contributed by atoms with Gasteiger partial charge in [0.15, 0.2) is 28.9 Å². The van der Waals surface area contributed by atoms with Crippen LogP contribution in [0, 0.1) is 111 Å². The van der Waals surface area contributed by atoms with Gasteiger partial charge in [-0.3, -0.25) is 43.9 Å². The summed E-state index contributed by atoms with van der Waals surface area (Å²) in [5.41, 5.74) is 33.4. The van der Waals surface area contributed by atoms with Gasteiger partial charge in [-0.25, -0.2) is 0 Å². The molecule has 0 aliphatic carbocycles. The number of aliphatic hydroxyl groups excluding tert-OH is 5. The molecule has 0 fully saturated rings. The van der Waals surface area contributed by atoms with Gasteiger partial charge in [0.1, 0.15) is 0 Å². The first-order valence-corrected chi connectivity index (χ1v) is 46.3. The van der Waals surface area contributed by atoms with Crippen molar-refractivity contribution in [3.8, 4) is 67.4 Å². The fourth-order valence-electron chi connectivity index (χ4n) is 14.7. The van der Waals surface area contributed by atoms with Crippen LogP contribution in [0.4, 0.5) is 0 Å². The Morgan fingerprint density at radius 1 is 0.329 bits per heavy atom. The Labute approximate surface area is 915 Å². The zero-order chi connectivity index (χ0) is 102. The van der Waals surface area contributed by atoms with Gasteiger partial charge in [0, 0.05) is 142 Å². The van der Waals surface area contributed by atoms with Crippen LogP contribution in [0.1, 0.15) is 183 Å². The Kier molecular flexibility index (Phi) is 59.9. The fraction of sp³-hybridized carbons (Fsp3) is 0.252. The van der Waals surface area contributed by atoms with Crippen molar-refractivity contribution in [3.63, 3.8) is 0 Å². The van der Waals surface area contributed by atoms with Crippen molar-refractivity contribution in [2.24, 2.45) is 11.8 Å². The Hall–Kier alpha value is -11.7. The number of carbonyl (C=O) groups excluding carboxylic acids is 5. The topological polar surface area (TPSA) is 251 Å². The molecule has 15 rings (SSSR count). The molecule has 5 aromatic heterocycles. The summed E-state index contributed by atoms with van der Waals surface area (Å²) in [4.78, 5) is 73.8. The number of aryl methyl sites for hydroxylation is 11. The molecule has 10 aromatic carbocycles. The van der Waals surface area contributed by atoms with Crippen LogP contribution in [0.5, 0.6) is 0 Å². The van der Waals surface area contributed by atoms with Crippen molar-refractivity contribution in [3.05, 3.63) is 399 Å². The molecule has 0 saturated heterocycles. The summed E-state index contributed by atoms with van der Waals surface area (Å²) in [7, 11) is 0. The summed E-state index contributed by atoms with van der Waals surface area (Å²) in [5.74, 6) is 0.999. The van der Waals surface area contributed by atoms with Crippen LogP contribution in [0.15, 0.2) is 296 Å². The van der Waals surface area contributed by atoms with E-state index in [1.165, 1.54) is 188 Å². The number of carbonyl (C=O) groups is 5. The molecular weight excluding hydrogens is 2670 g/mol. The average Bonchev–Trinajstić information content (AvgIpc) is 0.807. The minimum atomic E-state index is -0.125. The summed E-state index contributed by atoms with van der Waals surface area (Å²) in [6, 6.07) is 97.3. The Balaban J connectivity index is 0.000000818. The van der Waals surface area contributed by atoms with E-state index in [-0.39, 0.29) is 158 Å². The summed E-state index contributed by atoms with van der Waals surface area (Å²) < 4.78 is 0. The molecule has 761 valence electrons. The number of para-hydroxylation sites is 1. The minimum Gasteiger partial charge on any atom is -0.512 e. The quantitative estimate of drug-likeness (QED) is 0.0323. The molecule has 0 amide bonds. The number of fused-ring (bicyclic) bond motifs is 4. The van der Waals surface area contributed by atoms with E-state index in [9.17, 15) is 24.0 Å². The fourth-order valence-corrected chi connectivity index (χ4v) is 14.7. The predicted molar refractivity (Wildman–Crippen MR) is 572 cm³/mol. The van der Waals surface area contributed by atoms with Crippen LogP contribution in [0.25, 0.3) is 111 Å². The third-order valence-electron chi connectivity index (χ3n) is 20.2. The van der Waals surface area contributed by atoms with Crippen molar-refractivity contribution >= 4 is 72.5 Å². The summed E-state index contributed by atoms with van der Waals surface area (Å²) in [6.45, 7) is 46.5. The van der Waals surface area contributed by atoms with E-state index in [1.807, 2.05) is 54.7 Å². The van der Waals surface area contributed by atoms with Crippen LogP contribution >= 0.6 is 0 Å². The van der Waals surface area contributed by atoms with Gasteiger partial charge >= 0.3 is 0 Å². The molecule has 143 heavy (non-hydrogen) atoms. The number of aromatic nitrogens is 5. The summed E-state index contributed by atoms with van der Waals surface area (Å²) in [5, 5.41) is 46.6. The number of hydrogen-bond donors (Lipinski definition) is 5. The number of nitrogens with zero attached hydrogens (tertiary/aromatic N) is 5. The van der Waals surface area contributed by atoms with Crippen LogP contribution in [0.3, 0.4) is 0 Å². The number of hydrogen-bond acceptors (Lipinski definition) is 15. The first-order valence-electron chi connectivity index (χ1n) is 46.3. The normalized spacial score (nSPS) is 10.7. The molecule has 0 unspecified atom stereocenters. The van der Waals surface area contributed by atoms with Gasteiger partial charge in [-0.2, -0.15) is 0 Å². The molecule has 0 saturated carbocycles. The average molecular weight is 2800 g/mol. The van der Waals surface area contributed by atoms with E-state index in [0.29, 0.717) is 11.8 Å². The van der Waals surface area contributed by atoms with Crippen molar-refractivity contribution in [2.75, 3.05) is 0 Å². The van der Waals surface area contributed by atoms with E-state index in [4.69, 9.17) is 40.5 Å². The van der Waals surface area contributed by atoms with Crippen LogP contribution < -0.4 is 0 Å². The molecule has 5 heterocycles. The number of benzene rings is 10. The maximum Gasteiger partial charge on any atom is 0.155 e. The molecule has 20 heteroatoms. The van der Waals surface area contributed by atoms with Gasteiger partial charge in [-0.15, -0.1) is 175 Å². The third kappa shape index (κ3) is 48.5. The molecule has 0 bridgehead atoms. The zero-order valence-electron chi connectivity index (χ0n) is 86.6. The Morgan fingerprint density at radius 3 is 1.13 bits per heavy atom. The number of pyridine rings is 5. The van der Waals surface area contributed by atoms with Crippen LogP contribution in [0.2, 0.25) is 0 Å². The van der Waals surface area contributed by atoms with Crippen molar-refractivity contribution < 1.29 is 150 Å². The predicted octanol–water partition coefficient (Wildman–Crippen LogP) is 30.6. The summed E-state index contributed by atoms with van der Waals surface area (Å²) >= 11 is 0. The zero-order valence-corrected chi connectivity index (χ0v) is 98.5. The first kappa shape index (κ1) is 129. The van der Waals surface area contributed by atoms with E-state index in [2.05, 4.69) is 326 Å². The minimum absolute atomic E-state index is 0. The smallest absolute Gasteiger partial charge is 0.155 e. The Morgan fingerprint density at radius 2 is 0.727 bits per heavy atom. The van der Waals surface area contributed by atoms with Gasteiger partial charge in [-0.05, 0) is 223 Å². The number of aliphatic hydroxyl groups is 5. The van der Waals surface area contributed by atoms with Gasteiger partial charge < -0.3 is 30.5 Å². The second-order valence-corrected chi connectivity index (χ2v) is 35.4. The molecule has 15 nitrogen and oxygen atoms in total. The third-order valence-corrected chi connectivity index (χ3v) is 20.2. The van der Waals surface area contributed by atoms with Crippen molar-refractivity contribution in [1.82, 2.24) is 24.9 Å². The first-order chi connectivity index (χ1) is 65.3. The maximum absolute atomic E-state index is 10.0. The molecule has 15 aromatic rings. The van der Waals surface area contributed by atoms with Gasteiger partial charge in [0.2, 0.25) is 0 Å². The second kappa shape index (κ2) is 66.3. The van der Waals surface area contributed by atoms with Crippen LogP contribution in [-0.2, 0) is 144 Å². The largest absolute Gasteiger partial charge is 0.512 e. The molecular formula is C123H134Ir5N5O10-5. The van der Waals surface area contributed by atoms with Gasteiger partial charge in [-0.1, -0.05) is 229 Å². The SMILES string of the molecule is CC(=O)C=C(C)O.CC(=O)C=C(C)O.CC(=O)C=C(C)O.CC(=O)C=C(C)O.CC(=O)C=C(C)O.CCCc1ccc2ccc(-c3[c-]c(C)cc(C)c3)nc2c1.Cc1[c-]c(-c2ccc3c(CC(C)C)cccc3n2)cc(C)c1.Cc1[c-]c(-c2ccc3ccc(CC(C)C)cc3n2)cc(C)c1.Cc1c[c-]c(-c2ccc3ccccc3n2)cc1C.Cc1ccc(-c2ccnc(-c3[c-]cccc3)c2)c(C)c1.[Ir].[Ir].[Ir].[Ir].[Ir]. The van der Waals surface area contributed by atoms with E-state index >= 15 is 0 Å². The van der Waals surface area contributed by atoms with E-state index < -0.39 is 0 Å².